The van der Waals surface area contributed by atoms with E-state index in [1.807, 2.05) is 0 Å². The summed E-state index contributed by atoms with van der Waals surface area (Å²) in [4.78, 5) is 15.0. The molecule has 1 unspecified atom stereocenters. The van der Waals surface area contributed by atoms with Crippen LogP contribution in [0.4, 0.5) is 0 Å². The topological polar surface area (TPSA) is 106 Å². The van der Waals surface area contributed by atoms with Gasteiger partial charge in [0, 0.05) is 12.4 Å². The number of esters is 1. The van der Waals surface area contributed by atoms with Gasteiger partial charge >= 0.3 is 5.97 Å². The summed E-state index contributed by atoms with van der Waals surface area (Å²) in [6.45, 7) is -0.652. The van der Waals surface area contributed by atoms with Crippen LogP contribution in [-0.2, 0) is 26.0 Å². The van der Waals surface area contributed by atoms with Crippen molar-refractivity contribution in [3.05, 3.63) is 30.1 Å². The molecule has 0 spiro atoms. The van der Waals surface area contributed by atoms with E-state index in [1.165, 1.54) is 0 Å². The minimum absolute atomic E-state index is 0.190. The summed E-state index contributed by atoms with van der Waals surface area (Å²) >= 11 is 0. The highest BCUT2D eigenvalue weighted by Gasteiger charge is 2.24. The van der Waals surface area contributed by atoms with Crippen LogP contribution >= 0.6 is 0 Å². The largest absolute Gasteiger partial charge is 0.468 e. The van der Waals surface area contributed by atoms with Crippen molar-refractivity contribution in [2.45, 2.75) is 12.5 Å². The second-order valence-corrected chi connectivity index (χ2v) is 5.67. The first-order chi connectivity index (χ1) is 8.98. The smallest absolute Gasteiger partial charge is 0.326 e. The second kappa shape index (κ2) is 7.17. The van der Waals surface area contributed by atoms with Gasteiger partial charge in [0.05, 0.1) is 19.5 Å². The van der Waals surface area contributed by atoms with Gasteiger partial charge in [0.25, 0.3) is 0 Å². The Morgan fingerprint density at radius 3 is 2.63 bits per heavy atom. The molecule has 0 amide bonds. The fraction of sp³-hybridized carbons (Fsp3) is 0.455. The molecule has 0 aliphatic rings. The lowest BCUT2D eigenvalue weighted by molar-refractivity contribution is -0.143. The van der Waals surface area contributed by atoms with Crippen molar-refractivity contribution in [3.8, 4) is 0 Å². The number of nitrogens with zero attached hydrogens (tertiary/aromatic N) is 1. The van der Waals surface area contributed by atoms with Gasteiger partial charge in [-0.15, -0.1) is 0 Å². The van der Waals surface area contributed by atoms with Gasteiger partial charge in [-0.3, -0.25) is 9.78 Å². The van der Waals surface area contributed by atoms with Crippen LogP contribution in [0.1, 0.15) is 5.56 Å². The summed E-state index contributed by atoms with van der Waals surface area (Å²) in [5.74, 6) is -1.01. The van der Waals surface area contributed by atoms with Gasteiger partial charge in [-0.05, 0) is 24.1 Å². The number of carbonyl (C=O) groups is 1. The first kappa shape index (κ1) is 15.5. The van der Waals surface area contributed by atoms with Crippen LogP contribution in [0.3, 0.4) is 0 Å². The van der Waals surface area contributed by atoms with E-state index >= 15 is 0 Å². The quantitative estimate of drug-likeness (QED) is 0.628. The van der Waals surface area contributed by atoms with Gasteiger partial charge < -0.3 is 9.84 Å². The van der Waals surface area contributed by atoms with Crippen molar-refractivity contribution in [1.82, 2.24) is 9.71 Å². The zero-order valence-electron chi connectivity index (χ0n) is 10.4. The van der Waals surface area contributed by atoms with Crippen LogP contribution in [0, 0.1) is 0 Å². The Labute approximate surface area is 111 Å². The van der Waals surface area contributed by atoms with Crippen LogP contribution in [0.15, 0.2) is 24.5 Å². The van der Waals surface area contributed by atoms with E-state index in [-0.39, 0.29) is 12.2 Å². The number of hydrogen-bond donors (Lipinski definition) is 2. The molecule has 0 saturated heterocycles. The molecule has 0 bridgehead atoms. The molecule has 19 heavy (non-hydrogen) atoms. The maximum atomic E-state index is 11.7. The molecule has 8 heteroatoms. The standard InChI is InChI=1S/C11H16N2O5S/c1-18-11(15)10(8-14)13-19(16,17)7-4-9-2-5-12-6-3-9/h2-3,5-6,10,13-14H,4,7-8H2,1H3. The average molecular weight is 288 g/mol. The van der Waals surface area contributed by atoms with Gasteiger partial charge in [-0.2, -0.15) is 4.72 Å². The number of methoxy groups -OCH3 is 1. The molecule has 1 aromatic rings. The first-order valence-corrected chi connectivity index (χ1v) is 7.21. The van der Waals surface area contributed by atoms with Crippen molar-refractivity contribution in [1.29, 1.82) is 0 Å². The third-order valence-corrected chi connectivity index (χ3v) is 3.78. The Hall–Kier alpha value is -1.51. The van der Waals surface area contributed by atoms with Crippen LogP contribution in [0.2, 0.25) is 0 Å². The van der Waals surface area contributed by atoms with Gasteiger partial charge in [0.2, 0.25) is 10.0 Å². The minimum Gasteiger partial charge on any atom is -0.468 e. The molecule has 0 saturated carbocycles. The molecule has 2 N–H and O–H groups in total. The van der Waals surface area contributed by atoms with E-state index in [0.29, 0.717) is 0 Å². The number of carbonyl (C=O) groups excluding carboxylic acids is 1. The first-order valence-electron chi connectivity index (χ1n) is 5.56. The highest BCUT2D eigenvalue weighted by molar-refractivity contribution is 7.89. The Balaban J connectivity index is 2.59. The molecule has 1 rings (SSSR count). The van der Waals surface area contributed by atoms with Crippen molar-refractivity contribution in [3.63, 3.8) is 0 Å². The Kier molecular flexibility index (Phi) is 5.87. The fourth-order valence-corrected chi connectivity index (χ4v) is 2.61. The number of sulfonamides is 1. The normalized spacial score (nSPS) is 12.9. The maximum absolute atomic E-state index is 11.7. The van der Waals surface area contributed by atoms with E-state index in [2.05, 4.69) is 14.4 Å². The number of aromatic nitrogens is 1. The molecule has 1 aromatic heterocycles. The van der Waals surface area contributed by atoms with Crippen LogP contribution in [0.25, 0.3) is 0 Å². The summed E-state index contributed by atoms with van der Waals surface area (Å²) in [5.41, 5.74) is 0.819. The SMILES string of the molecule is COC(=O)C(CO)NS(=O)(=O)CCc1ccncc1. The number of pyridine rings is 1. The molecule has 0 aromatic carbocycles. The third kappa shape index (κ3) is 5.33. The van der Waals surface area contributed by atoms with Gasteiger partial charge in [-0.1, -0.05) is 0 Å². The Morgan fingerprint density at radius 2 is 2.11 bits per heavy atom. The van der Waals surface area contributed by atoms with Crippen molar-refractivity contribution in [2.75, 3.05) is 19.5 Å². The molecule has 1 atom stereocenters. The predicted octanol–water partition coefficient (Wildman–Crippen LogP) is -0.923. The zero-order valence-corrected chi connectivity index (χ0v) is 11.3. The molecule has 7 nitrogen and oxygen atoms in total. The summed E-state index contributed by atoms with van der Waals surface area (Å²) < 4.78 is 30.0. The molecule has 1 heterocycles. The highest BCUT2D eigenvalue weighted by atomic mass is 32.2. The fourth-order valence-electron chi connectivity index (χ4n) is 1.38. The lowest BCUT2D eigenvalue weighted by atomic mass is 10.2. The van der Waals surface area contributed by atoms with Crippen LogP contribution in [-0.4, -0.2) is 50.0 Å². The zero-order chi connectivity index (χ0) is 14.3. The Morgan fingerprint density at radius 1 is 1.47 bits per heavy atom. The third-order valence-electron chi connectivity index (χ3n) is 2.40. The number of rotatable bonds is 7. The molecule has 0 fully saturated rings. The van der Waals surface area contributed by atoms with Crippen molar-refractivity contribution in [2.24, 2.45) is 0 Å². The van der Waals surface area contributed by atoms with E-state index in [1.54, 1.807) is 24.5 Å². The Bertz CT molecular complexity index is 503. The lowest BCUT2D eigenvalue weighted by Crippen LogP contribution is -2.45. The average Bonchev–Trinajstić information content (AvgIpc) is 2.43. The predicted molar refractivity (Wildman–Crippen MR) is 67.8 cm³/mol. The number of aliphatic hydroxyl groups is 1. The van der Waals surface area contributed by atoms with Crippen LogP contribution < -0.4 is 4.72 Å². The number of nitrogens with one attached hydrogen (secondary N) is 1. The number of ether oxygens (including phenoxy) is 1. The number of aliphatic hydroxyl groups excluding tert-OH is 1. The number of aryl methyl sites for hydroxylation is 1. The monoisotopic (exact) mass is 288 g/mol. The van der Waals surface area contributed by atoms with Crippen LogP contribution in [0.5, 0.6) is 0 Å². The van der Waals surface area contributed by atoms with E-state index in [4.69, 9.17) is 5.11 Å². The summed E-state index contributed by atoms with van der Waals surface area (Å²) in [6, 6.07) is 2.14. The summed E-state index contributed by atoms with van der Waals surface area (Å²) in [5, 5.41) is 8.94. The molecular formula is C11H16N2O5S. The van der Waals surface area contributed by atoms with Gasteiger partial charge in [-0.25, -0.2) is 8.42 Å². The summed E-state index contributed by atoms with van der Waals surface area (Å²) in [6.07, 6.45) is 3.43. The second-order valence-electron chi connectivity index (χ2n) is 3.80. The van der Waals surface area contributed by atoms with Crippen molar-refractivity contribution >= 4 is 16.0 Å². The number of hydrogen-bond acceptors (Lipinski definition) is 6. The molecular weight excluding hydrogens is 272 g/mol. The van der Waals surface area contributed by atoms with E-state index < -0.39 is 28.6 Å². The van der Waals surface area contributed by atoms with E-state index in [9.17, 15) is 13.2 Å². The summed E-state index contributed by atoms with van der Waals surface area (Å²) in [7, 11) is -2.56. The molecule has 0 radical (unpaired) electrons. The lowest BCUT2D eigenvalue weighted by Gasteiger charge is -2.14. The molecule has 0 aliphatic heterocycles. The van der Waals surface area contributed by atoms with Gasteiger partial charge in [0.1, 0.15) is 6.04 Å². The molecule has 106 valence electrons. The maximum Gasteiger partial charge on any atom is 0.326 e. The minimum atomic E-state index is -3.68. The van der Waals surface area contributed by atoms with Crippen molar-refractivity contribution < 1.29 is 23.1 Å². The van der Waals surface area contributed by atoms with Gasteiger partial charge in [0.15, 0.2) is 0 Å². The molecule has 0 aliphatic carbocycles. The van der Waals surface area contributed by atoms with E-state index in [0.717, 1.165) is 12.7 Å². The highest BCUT2D eigenvalue weighted by Crippen LogP contribution is 2.01.